The van der Waals surface area contributed by atoms with Crippen LogP contribution in [0.25, 0.3) is 0 Å². The Balaban J connectivity index is 4.41. The zero-order chi connectivity index (χ0) is 11.2. The molecule has 0 aliphatic heterocycles. The van der Waals surface area contributed by atoms with Gasteiger partial charge in [0, 0.05) is 19.4 Å². The fourth-order valence-electron chi connectivity index (χ4n) is 0.854. The van der Waals surface area contributed by atoms with E-state index in [-0.39, 0.29) is 5.75 Å². The van der Waals surface area contributed by atoms with Crippen molar-refractivity contribution >= 4 is 15.8 Å². The van der Waals surface area contributed by atoms with Crippen molar-refractivity contribution in [3.8, 4) is 11.8 Å². The zero-order valence-corrected chi connectivity index (χ0v) is 9.13. The molecule has 2 atom stereocenters. The molecular weight excluding hydrogens is 202 g/mol. The third-order valence-electron chi connectivity index (χ3n) is 1.28. The Kier molecular flexibility index (Phi) is 5.38. The number of nitrogens with zero attached hydrogens (tertiary/aromatic N) is 1. The number of nitrogens with two attached hydrogens (primary N) is 2. The first-order valence-corrected chi connectivity index (χ1v) is 5.80. The van der Waals surface area contributed by atoms with Crippen LogP contribution in [0, 0.1) is 11.8 Å². The van der Waals surface area contributed by atoms with Gasteiger partial charge in [-0.3, -0.25) is 4.79 Å². The maximum absolute atomic E-state index is 11.4. The number of hydrogen-bond acceptors (Lipinski definition) is 3. The monoisotopic (exact) mass is 217 g/mol. The summed E-state index contributed by atoms with van der Waals surface area (Å²) in [6, 6.07) is -0.414. The first-order valence-electron chi connectivity index (χ1n) is 4.05. The summed E-state index contributed by atoms with van der Waals surface area (Å²) in [6.45, 7) is 2.89. The van der Waals surface area contributed by atoms with Crippen LogP contribution in [-0.2, 0) is 14.7 Å². The minimum Gasteiger partial charge on any atom is -0.326 e. The third-order valence-corrected chi connectivity index (χ3v) is 2.75. The van der Waals surface area contributed by atoms with Gasteiger partial charge in [0.25, 0.3) is 5.91 Å². The number of carbonyl (C=O) groups excluding carboxylic acids is 1. The van der Waals surface area contributed by atoms with Gasteiger partial charge in [0.1, 0.15) is 9.92 Å². The molecule has 0 aliphatic rings. The highest BCUT2D eigenvalue weighted by Gasteiger charge is 2.10. The van der Waals surface area contributed by atoms with Crippen LogP contribution in [0.3, 0.4) is 0 Å². The van der Waals surface area contributed by atoms with E-state index in [1.165, 1.54) is 6.92 Å². The average molecular weight is 217 g/mol. The first-order chi connectivity index (χ1) is 6.37. The second-order valence-electron chi connectivity index (χ2n) is 2.86. The maximum Gasteiger partial charge on any atom is 0.251 e. The fraction of sp³-hybridized carbons (Fsp3) is 0.625. The highest BCUT2D eigenvalue weighted by Crippen LogP contribution is 1.94. The van der Waals surface area contributed by atoms with E-state index in [2.05, 4.69) is 16.2 Å². The lowest BCUT2D eigenvalue weighted by Gasteiger charge is -2.08. The maximum atomic E-state index is 11.4. The van der Waals surface area contributed by atoms with Gasteiger partial charge in [0.2, 0.25) is 0 Å². The number of hydrogen-bond donors (Lipinski definition) is 2. The van der Waals surface area contributed by atoms with E-state index in [9.17, 15) is 9.00 Å². The van der Waals surface area contributed by atoms with Gasteiger partial charge in [-0.25, -0.2) is 9.35 Å². The molecule has 0 aromatic heterocycles. The third kappa shape index (κ3) is 6.60. The van der Waals surface area contributed by atoms with Gasteiger partial charge in [0.15, 0.2) is 0 Å². The zero-order valence-electron chi connectivity index (χ0n) is 8.32. The molecule has 0 fully saturated rings. The van der Waals surface area contributed by atoms with Crippen molar-refractivity contribution in [2.45, 2.75) is 26.3 Å². The van der Waals surface area contributed by atoms with E-state index < -0.39 is 21.9 Å². The first kappa shape index (κ1) is 13.1. The molecule has 5 nitrogen and oxygen atoms in total. The molecule has 0 saturated carbocycles. The quantitative estimate of drug-likeness (QED) is 0.630. The molecule has 0 spiro atoms. The second-order valence-corrected chi connectivity index (χ2v) is 4.75. The van der Waals surface area contributed by atoms with Crippen LogP contribution < -0.4 is 10.9 Å². The molecule has 14 heavy (non-hydrogen) atoms. The summed E-state index contributed by atoms with van der Waals surface area (Å²) in [6.07, 6.45) is 0.401. The second kappa shape index (κ2) is 5.75. The Morgan fingerprint density at radius 2 is 2.21 bits per heavy atom. The predicted octanol–water partition coefficient (Wildman–Crippen LogP) is -0.385. The van der Waals surface area contributed by atoms with Crippen molar-refractivity contribution in [1.82, 2.24) is 0 Å². The summed E-state index contributed by atoms with van der Waals surface area (Å²) in [4.78, 5) is 10.6. The molecule has 0 aromatic rings. The molecule has 6 heteroatoms. The Hall–Kier alpha value is -0.900. The van der Waals surface area contributed by atoms with Crippen molar-refractivity contribution in [1.29, 1.82) is 0 Å². The molecular formula is C8H15N3O2S. The van der Waals surface area contributed by atoms with Crippen LogP contribution in [0.2, 0.25) is 0 Å². The molecule has 80 valence electrons. The summed E-state index contributed by atoms with van der Waals surface area (Å²) in [5.74, 6) is 4.84. The van der Waals surface area contributed by atoms with Crippen LogP contribution in [0.4, 0.5) is 0 Å². The lowest BCUT2D eigenvalue weighted by atomic mass is 10.2. The van der Waals surface area contributed by atoms with E-state index in [0.29, 0.717) is 6.42 Å². The van der Waals surface area contributed by atoms with Gasteiger partial charge in [-0.1, -0.05) is 0 Å². The van der Waals surface area contributed by atoms with Crippen LogP contribution in [0.5, 0.6) is 0 Å². The van der Waals surface area contributed by atoms with Gasteiger partial charge in [-0.05, 0) is 6.92 Å². The predicted molar refractivity (Wildman–Crippen MR) is 56.3 cm³/mol. The molecule has 1 unspecified atom stereocenters. The van der Waals surface area contributed by atoms with Gasteiger partial charge < -0.3 is 5.73 Å². The highest BCUT2D eigenvalue weighted by atomic mass is 32.2. The van der Waals surface area contributed by atoms with E-state index in [4.69, 9.17) is 10.9 Å². The Morgan fingerprint density at radius 1 is 1.64 bits per heavy atom. The lowest BCUT2D eigenvalue weighted by molar-refractivity contribution is -0.115. The summed E-state index contributed by atoms with van der Waals surface area (Å²) in [5, 5.41) is 5.30. The van der Waals surface area contributed by atoms with Gasteiger partial charge in [0.05, 0.1) is 5.75 Å². The molecule has 0 radical (unpaired) electrons. The van der Waals surface area contributed by atoms with Crippen molar-refractivity contribution in [3.05, 3.63) is 0 Å². The highest BCUT2D eigenvalue weighted by molar-refractivity contribution is 7.91. The normalized spacial score (nSPS) is 16.0. The standard InChI is InChI=1S/C8H15N3O2S/c1-3-4-5-8(9)6-14(10,13)11-7(2)12/h8H,5-6,9H2,1-2H3,(H2,10,11,12,13)/t8-,14?/m0/s1. The van der Waals surface area contributed by atoms with Crippen molar-refractivity contribution in [3.63, 3.8) is 0 Å². The summed E-state index contributed by atoms with van der Waals surface area (Å²) >= 11 is 0. The van der Waals surface area contributed by atoms with E-state index in [1.807, 2.05) is 0 Å². The van der Waals surface area contributed by atoms with Gasteiger partial charge in [-0.2, -0.15) is 0 Å². The SMILES string of the molecule is CC#CC[C@H](N)CS(N)(=O)=NC(C)=O. The molecule has 4 N–H and O–H groups in total. The topological polar surface area (TPSA) is 98.5 Å². The number of rotatable bonds is 3. The molecule has 0 rings (SSSR count). The van der Waals surface area contributed by atoms with Crippen LogP contribution >= 0.6 is 0 Å². The van der Waals surface area contributed by atoms with E-state index in [0.717, 1.165) is 0 Å². The molecule has 0 saturated heterocycles. The van der Waals surface area contributed by atoms with Crippen LogP contribution in [0.1, 0.15) is 20.3 Å². The van der Waals surface area contributed by atoms with E-state index in [1.54, 1.807) is 6.92 Å². The largest absolute Gasteiger partial charge is 0.326 e. The smallest absolute Gasteiger partial charge is 0.251 e. The Labute approximate surface area is 84.5 Å². The molecule has 0 aliphatic carbocycles. The molecule has 0 aromatic carbocycles. The average Bonchev–Trinajstić information content (AvgIpc) is 1.96. The molecule has 0 bridgehead atoms. The van der Waals surface area contributed by atoms with Gasteiger partial charge in [-0.15, -0.1) is 16.2 Å². The summed E-state index contributed by atoms with van der Waals surface area (Å²) < 4.78 is 14.7. The van der Waals surface area contributed by atoms with Gasteiger partial charge >= 0.3 is 0 Å². The molecule has 1 amide bonds. The lowest BCUT2D eigenvalue weighted by Crippen LogP contribution is -2.33. The van der Waals surface area contributed by atoms with Crippen molar-refractivity contribution in [2.75, 3.05) is 5.75 Å². The van der Waals surface area contributed by atoms with Crippen LogP contribution in [0.15, 0.2) is 4.36 Å². The minimum absolute atomic E-state index is 0.0126. The molecule has 0 heterocycles. The summed E-state index contributed by atoms with van der Waals surface area (Å²) in [7, 11) is -2.98. The van der Waals surface area contributed by atoms with Crippen LogP contribution in [-0.4, -0.2) is 21.9 Å². The van der Waals surface area contributed by atoms with E-state index >= 15 is 0 Å². The number of carbonyl (C=O) groups is 1. The minimum atomic E-state index is -2.98. The summed E-state index contributed by atoms with van der Waals surface area (Å²) in [5.41, 5.74) is 5.59. The fourth-order valence-corrected chi connectivity index (χ4v) is 2.09. The Morgan fingerprint density at radius 3 is 2.64 bits per heavy atom. The van der Waals surface area contributed by atoms with Crippen molar-refractivity contribution < 1.29 is 9.00 Å². The number of amides is 1. The Bertz CT molecular complexity index is 372. The van der Waals surface area contributed by atoms with Crippen molar-refractivity contribution in [2.24, 2.45) is 15.2 Å².